The molecule has 1 heterocycles. The van der Waals surface area contributed by atoms with E-state index in [-0.39, 0.29) is 11.7 Å². The van der Waals surface area contributed by atoms with E-state index in [1.165, 1.54) is 41.3 Å². The van der Waals surface area contributed by atoms with E-state index in [0.29, 0.717) is 11.8 Å². The number of ether oxygens (including phenoxy) is 1. The number of hydrogen-bond donors (Lipinski definition) is 1. The predicted octanol–water partition coefficient (Wildman–Crippen LogP) is 4.93. The molecule has 3 aromatic rings. The lowest BCUT2D eigenvalue weighted by atomic mass is 9.88. The molecular formula is C25H30N4O2S. The van der Waals surface area contributed by atoms with E-state index in [1.807, 2.05) is 43.7 Å². The molecule has 0 fully saturated rings. The summed E-state index contributed by atoms with van der Waals surface area (Å²) in [5, 5.41) is 12.2. The lowest BCUT2D eigenvalue weighted by molar-refractivity contribution is -0.113. The second kappa shape index (κ2) is 9.77. The maximum Gasteiger partial charge on any atom is 0.234 e. The molecule has 0 atom stereocenters. The fraction of sp³-hybridized carbons (Fsp3) is 0.400. The number of hydrogen-bond acceptors (Lipinski definition) is 5. The van der Waals surface area contributed by atoms with Crippen molar-refractivity contribution < 1.29 is 9.53 Å². The Morgan fingerprint density at radius 2 is 1.91 bits per heavy atom. The molecule has 1 aromatic heterocycles. The predicted molar refractivity (Wildman–Crippen MR) is 128 cm³/mol. The maximum absolute atomic E-state index is 12.4. The summed E-state index contributed by atoms with van der Waals surface area (Å²) < 4.78 is 7.99. The Morgan fingerprint density at radius 1 is 1.09 bits per heavy atom. The quantitative estimate of drug-likeness (QED) is 0.517. The number of amides is 1. The summed E-state index contributed by atoms with van der Waals surface area (Å²) in [5.41, 5.74) is 7.23. The van der Waals surface area contributed by atoms with Crippen LogP contribution in [-0.4, -0.2) is 26.4 Å². The number of aromatic nitrogens is 3. The van der Waals surface area contributed by atoms with Crippen LogP contribution in [-0.2, 0) is 31.3 Å². The molecule has 0 aliphatic heterocycles. The van der Waals surface area contributed by atoms with Crippen molar-refractivity contribution in [3.8, 4) is 5.75 Å². The zero-order chi connectivity index (χ0) is 22.7. The molecule has 0 bridgehead atoms. The highest BCUT2D eigenvalue weighted by Crippen LogP contribution is 2.31. The van der Waals surface area contributed by atoms with Gasteiger partial charge in [0.05, 0.1) is 5.75 Å². The Kier molecular flexibility index (Phi) is 6.84. The van der Waals surface area contributed by atoms with Crippen molar-refractivity contribution in [2.75, 3.05) is 11.1 Å². The van der Waals surface area contributed by atoms with Gasteiger partial charge in [0.2, 0.25) is 5.91 Å². The molecule has 0 saturated heterocycles. The van der Waals surface area contributed by atoms with Gasteiger partial charge in [0.25, 0.3) is 0 Å². The Balaban J connectivity index is 1.34. The van der Waals surface area contributed by atoms with E-state index in [0.717, 1.165) is 41.2 Å². The van der Waals surface area contributed by atoms with Crippen LogP contribution in [0.2, 0.25) is 0 Å². The molecule has 0 radical (unpaired) electrons. The Bertz CT molecular complexity index is 1140. The van der Waals surface area contributed by atoms with Crippen LogP contribution in [0.3, 0.4) is 0 Å². The van der Waals surface area contributed by atoms with E-state index in [1.54, 1.807) is 0 Å². The standard InChI is InChI=1S/C25H30N4O2S/c1-16-8-7-11-21(17(16)2)26-24(30)15-32-25-28-27-23(29(25)4)14-31-22-13-12-19-9-5-6-10-20(19)18(22)3/h7-8,11-13H,5-6,9-10,14-15H2,1-4H3,(H,26,30). The first kappa shape index (κ1) is 22.4. The number of rotatable bonds is 7. The average molecular weight is 451 g/mol. The smallest absolute Gasteiger partial charge is 0.234 e. The van der Waals surface area contributed by atoms with E-state index in [9.17, 15) is 4.79 Å². The van der Waals surface area contributed by atoms with E-state index < -0.39 is 0 Å². The fourth-order valence-corrected chi connectivity index (χ4v) is 4.82. The second-order valence-electron chi connectivity index (χ2n) is 8.36. The topological polar surface area (TPSA) is 69.0 Å². The Labute approximate surface area is 193 Å². The molecule has 2 aromatic carbocycles. The van der Waals surface area contributed by atoms with Crippen LogP contribution in [0.15, 0.2) is 35.5 Å². The van der Waals surface area contributed by atoms with E-state index >= 15 is 0 Å². The minimum Gasteiger partial charge on any atom is -0.485 e. The van der Waals surface area contributed by atoms with E-state index in [4.69, 9.17) is 4.74 Å². The fourth-order valence-electron chi connectivity index (χ4n) is 4.09. The Morgan fingerprint density at radius 3 is 2.75 bits per heavy atom. The van der Waals surface area contributed by atoms with Crippen LogP contribution in [0, 0.1) is 20.8 Å². The van der Waals surface area contributed by atoms with Crippen molar-refractivity contribution in [2.24, 2.45) is 7.05 Å². The van der Waals surface area contributed by atoms with Crippen molar-refractivity contribution in [3.05, 3.63) is 64.0 Å². The molecule has 1 aliphatic rings. The van der Waals surface area contributed by atoms with Gasteiger partial charge < -0.3 is 14.6 Å². The molecule has 7 heteroatoms. The number of benzene rings is 2. The van der Waals surface area contributed by atoms with Gasteiger partial charge in [-0.15, -0.1) is 10.2 Å². The number of carbonyl (C=O) groups excluding carboxylic acids is 1. The highest BCUT2D eigenvalue weighted by atomic mass is 32.2. The largest absolute Gasteiger partial charge is 0.485 e. The average Bonchev–Trinajstić information content (AvgIpc) is 3.14. The molecule has 6 nitrogen and oxygen atoms in total. The molecule has 168 valence electrons. The number of thioether (sulfide) groups is 1. The van der Waals surface area contributed by atoms with Gasteiger partial charge >= 0.3 is 0 Å². The number of anilines is 1. The summed E-state index contributed by atoms with van der Waals surface area (Å²) in [6.45, 7) is 6.54. The van der Waals surface area contributed by atoms with Crippen LogP contribution >= 0.6 is 11.8 Å². The number of fused-ring (bicyclic) bond motifs is 1. The summed E-state index contributed by atoms with van der Waals surface area (Å²) in [5.74, 6) is 1.86. The molecule has 1 aliphatic carbocycles. The number of carbonyl (C=O) groups is 1. The third-order valence-electron chi connectivity index (χ3n) is 6.26. The van der Waals surface area contributed by atoms with Crippen molar-refractivity contribution in [1.82, 2.24) is 14.8 Å². The van der Waals surface area contributed by atoms with Crippen molar-refractivity contribution in [1.29, 1.82) is 0 Å². The van der Waals surface area contributed by atoms with Gasteiger partial charge in [-0.3, -0.25) is 4.79 Å². The molecule has 32 heavy (non-hydrogen) atoms. The normalized spacial score (nSPS) is 13.0. The minimum atomic E-state index is -0.0609. The van der Waals surface area contributed by atoms with Crippen LogP contribution in [0.4, 0.5) is 5.69 Å². The number of nitrogens with zero attached hydrogens (tertiary/aromatic N) is 3. The van der Waals surface area contributed by atoms with Crippen molar-refractivity contribution in [3.63, 3.8) is 0 Å². The van der Waals surface area contributed by atoms with Gasteiger partial charge in [-0.25, -0.2) is 0 Å². The molecule has 0 spiro atoms. The number of nitrogens with one attached hydrogen (secondary N) is 1. The molecule has 4 rings (SSSR count). The maximum atomic E-state index is 12.4. The lowest BCUT2D eigenvalue weighted by Crippen LogP contribution is -2.15. The van der Waals surface area contributed by atoms with Gasteiger partial charge in [-0.2, -0.15) is 0 Å². The lowest BCUT2D eigenvalue weighted by Gasteiger charge is -2.20. The third-order valence-corrected chi connectivity index (χ3v) is 7.28. The van der Waals surface area contributed by atoms with Crippen LogP contribution < -0.4 is 10.1 Å². The number of aryl methyl sites for hydroxylation is 2. The molecule has 1 amide bonds. The van der Waals surface area contributed by atoms with Gasteiger partial charge in [0.1, 0.15) is 12.4 Å². The van der Waals surface area contributed by atoms with Gasteiger partial charge in [0.15, 0.2) is 11.0 Å². The van der Waals surface area contributed by atoms with Crippen molar-refractivity contribution in [2.45, 2.75) is 58.2 Å². The molecule has 1 N–H and O–H groups in total. The van der Waals surface area contributed by atoms with Gasteiger partial charge in [-0.1, -0.05) is 30.0 Å². The monoisotopic (exact) mass is 450 g/mol. The highest BCUT2D eigenvalue weighted by molar-refractivity contribution is 7.99. The zero-order valence-electron chi connectivity index (χ0n) is 19.2. The minimum absolute atomic E-state index is 0.0609. The SMILES string of the molecule is Cc1cccc(NC(=O)CSc2nnc(COc3ccc4c(c3C)CCCC4)n2C)c1C. The first-order valence-electron chi connectivity index (χ1n) is 11.1. The summed E-state index contributed by atoms with van der Waals surface area (Å²) in [4.78, 5) is 12.4. The molecule has 0 saturated carbocycles. The molecular weight excluding hydrogens is 420 g/mol. The van der Waals surface area contributed by atoms with Crippen molar-refractivity contribution >= 4 is 23.4 Å². The Hall–Kier alpha value is -2.80. The second-order valence-corrected chi connectivity index (χ2v) is 9.31. The first-order chi connectivity index (χ1) is 15.4. The van der Waals surface area contributed by atoms with E-state index in [2.05, 4.69) is 34.6 Å². The highest BCUT2D eigenvalue weighted by Gasteiger charge is 2.16. The first-order valence-corrected chi connectivity index (χ1v) is 12.0. The zero-order valence-corrected chi connectivity index (χ0v) is 20.0. The third kappa shape index (κ3) is 4.83. The van der Waals surface area contributed by atoms with Crippen LogP contribution in [0.1, 0.15) is 46.5 Å². The van der Waals surface area contributed by atoms with Gasteiger partial charge in [0, 0.05) is 12.7 Å². The molecule has 0 unspecified atom stereocenters. The summed E-state index contributed by atoms with van der Waals surface area (Å²) in [6.07, 6.45) is 4.82. The summed E-state index contributed by atoms with van der Waals surface area (Å²) >= 11 is 1.37. The van der Waals surface area contributed by atoms with Gasteiger partial charge in [-0.05, 0) is 86.4 Å². The summed E-state index contributed by atoms with van der Waals surface area (Å²) in [6, 6.07) is 10.2. The van der Waals surface area contributed by atoms with Crippen LogP contribution in [0.25, 0.3) is 0 Å². The van der Waals surface area contributed by atoms with Crippen LogP contribution in [0.5, 0.6) is 5.75 Å². The summed E-state index contributed by atoms with van der Waals surface area (Å²) in [7, 11) is 1.91.